The second-order valence-corrected chi connectivity index (χ2v) is 6.96. The van der Waals surface area contributed by atoms with E-state index in [1.807, 2.05) is 30.0 Å². The monoisotopic (exact) mass is 344 g/mol. The molecule has 2 fully saturated rings. The third kappa shape index (κ3) is 3.60. The zero-order valence-corrected chi connectivity index (χ0v) is 14.6. The van der Waals surface area contributed by atoms with Crippen molar-refractivity contribution >= 4 is 23.5 Å². The SMILES string of the molecule is CC1CN(c2ccccc2)CCN1C(=O)CCC1(C)NC(=O)NC1=O. The second kappa shape index (κ2) is 6.74. The van der Waals surface area contributed by atoms with Gasteiger partial charge in [-0.25, -0.2) is 4.79 Å². The number of para-hydroxylation sites is 1. The molecule has 7 nitrogen and oxygen atoms in total. The zero-order valence-electron chi connectivity index (χ0n) is 14.6. The number of carbonyl (C=O) groups is 3. The number of benzene rings is 1. The van der Waals surface area contributed by atoms with Crippen LogP contribution in [0.1, 0.15) is 26.7 Å². The van der Waals surface area contributed by atoms with Crippen LogP contribution in [-0.2, 0) is 9.59 Å². The molecule has 1 aromatic carbocycles. The first-order chi connectivity index (χ1) is 11.9. The van der Waals surface area contributed by atoms with Crippen molar-refractivity contribution < 1.29 is 14.4 Å². The number of imide groups is 1. The molecule has 0 bridgehead atoms. The Hall–Kier alpha value is -2.57. The fourth-order valence-corrected chi connectivity index (χ4v) is 3.46. The molecule has 0 aromatic heterocycles. The number of amides is 4. The van der Waals surface area contributed by atoms with Gasteiger partial charge >= 0.3 is 6.03 Å². The van der Waals surface area contributed by atoms with Gasteiger partial charge in [-0.05, 0) is 32.4 Å². The predicted octanol–water partition coefficient (Wildman–Crippen LogP) is 1.10. The Labute approximate surface area is 147 Å². The lowest BCUT2D eigenvalue weighted by molar-refractivity contribution is -0.134. The van der Waals surface area contributed by atoms with E-state index < -0.39 is 11.6 Å². The van der Waals surface area contributed by atoms with Crippen LogP contribution in [0.5, 0.6) is 0 Å². The van der Waals surface area contributed by atoms with Gasteiger partial charge in [0.15, 0.2) is 0 Å². The maximum atomic E-state index is 12.6. The Bertz CT molecular complexity index is 678. The molecular weight excluding hydrogens is 320 g/mol. The molecule has 0 radical (unpaired) electrons. The molecule has 4 amide bonds. The summed E-state index contributed by atoms with van der Waals surface area (Å²) in [6, 6.07) is 9.77. The van der Waals surface area contributed by atoms with E-state index in [0.29, 0.717) is 13.0 Å². The van der Waals surface area contributed by atoms with Gasteiger partial charge in [-0.15, -0.1) is 0 Å². The minimum atomic E-state index is -0.998. The summed E-state index contributed by atoms with van der Waals surface area (Å²) in [5, 5.41) is 4.82. The number of rotatable bonds is 4. The van der Waals surface area contributed by atoms with E-state index in [1.54, 1.807) is 6.92 Å². The third-order valence-corrected chi connectivity index (χ3v) is 5.03. The summed E-state index contributed by atoms with van der Waals surface area (Å²) in [6.45, 7) is 5.92. The van der Waals surface area contributed by atoms with E-state index in [4.69, 9.17) is 0 Å². The highest BCUT2D eigenvalue weighted by Crippen LogP contribution is 2.22. The minimum absolute atomic E-state index is 0.0235. The van der Waals surface area contributed by atoms with E-state index >= 15 is 0 Å². The largest absolute Gasteiger partial charge is 0.368 e. The van der Waals surface area contributed by atoms with E-state index in [2.05, 4.69) is 27.7 Å². The highest BCUT2D eigenvalue weighted by atomic mass is 16.2. The molecule has 3 rings (SSSR count). The molecule has 0 aliphatic carbocycles. The number of urea groups is 1. The molecule has 2 N–H and O–H groups in total. The Morgan fingerprint density at radius 1 is 1.24 bits per heavy atom. The maximum absolute atomic E-state index is 12.6. The van der Waals surface area contributed by atoms with Gasteiger partial charge in [0, 0.05) is 37.8 Å². The van der Waals surface area contributed by atoms with Crippen LogP contribution in [0, 0.1) is 0 Å². The van der Waals surface area contributed by atoms with Gasteiger partial charge in [-0.1, -0.05) is 18.2 Å². The topological polar surface area (TPSA) is 81.8 Å². The molecule has 134 valence electrons. The van der Waals surface area contributed by atoms with Crippen LogP contribution in [0.4, 0.5) is 10.5 Å². The average molecular weight is 344 g/mol. The van der Waals surface area contributed by atoms with E-state index in [9.17, 15) is 14.4 Å². The molecule has 0 spiro atoms. The van der Waals surface area contributed by atoms with Crippen molar-refractivity contribution in [2.45, 2.75) is 38.3 Å². The summed E-state index contributed by atoms with van der Waals surface area (Å²) >= 11 is 0. The van der Waals surface area contributed by atoms with Crippen molar-refractivity contribution in [2.24, 2.45) is 0 Å². The standard InChI is InChI=1S/C18H24N4O3/c1-13-12-21(14-6-4-3-5-7-14)10-11-22(13)15(23)8-9-18(2)16(24)19-17(25)20-18/h3-7,13H,8-12H2,1-2H3,(H2,19,20,24,25). The third-order valence-electron chi connectivity index (χ3n) is 5.03. The van der Waals surface area contributed by atoms with Crippen molar-refractivity contribution in [1.82, 2.24) is 15.5 Å². The van der Waals surface area contributed by atoms with E-state index in [-0.39, 0.29) is 24.3 Å². The Kier molecular flexibility index (Phi) is 4.65. The summed E-state index contributed by atoms with van der Waals surface area (Å²) in [7, 11) is 0. The molecule has 25 heavy (non-hydrogen) atoms. The molecule has 2 aliphatic rings. The molecule has 2 heterocycles. The van der Waals surface area contributed by atoms with Gasteiger partial charge in [-0.2, -0.15) is 0 Å². The Morgan fingerprint density at radius 2 is 1.96 bits per heavy atom. The van der Waals surface area contributed by atoms with Gasteiger partial charge < -0.3 is 15.1 Å². The predicted molar refractivity (Wildman–Crippen MR) is 94.1 cm³/mol. The molecule has 2 unspecified atom stereocenters. The summed E-state index contributed by atoms with van der Waals surface area (Å²) in [6.07, 6.45) is 0.537. The Balaban J connectivity index is 1.55. The lowest BCUT2D eigenvalue weighted by Gasteiger charge is -2.41. The average Bonchev–Trinajstić information content (AvgIpc) is 2.86. The van der Waals surface area contributed by atoms with Crippen molar-refractivity contribution in [3.63, 3.8) is 0 Å². The molecule has 1 aromatic rings. The second-order valence-electron chi connectivity index (χ2n) is 6.96. The van der Waals surface area contributed by atoms with Gasteiger partial charge in [0.2, 0.25) is 5.91 Å². The van der Waals surface area contributed by atoms with Crippen LogP contribution >= 0.6 is 0 Å². The smallest absolute Gasteiger partial charge is 0.322 e. The van der Waals surface area contributed by atoms with Crippen molar-refractivity contribution in [3.05, 3.63) is 30.3 Å². The van der Waals surface area contributed by atoms with Crippen LogP contribution < -0.4 is 15.5 Å². The number of carbonyl (C=O) groups excluding carboxylic acids is 3. The van der Waals surface area contributed by atoms with Crippen molar-refractivity contribution in [1.29, 1.82) is 0 Å². The lowest BCUT2D eigenvalue weighted by atomic mass is 9.95. The molecule has 2 atom stereocenters. The molecule has 0 saturated carbocycles. The van der Waals surface area contributed by atoms with Gasteiger partial charge in [0.05, 0.1) is 0 Å². The van der Waals surface area contributed by atoms with Crippen LogP contribution in [0.25, 0.3) is 0 Å². The lowest BCUT2D eigenvalue weighted by Crippen LogP contribution is -2.54. The molecule has 2 aliphatic heterocycles. The summed E-state index contributed by atoms with van der Waals surface area (Å²) in [5.74, 6) is -0.345. The first-order valence-corrected chi connectivity index (χ1v) is 8.62. The number of nitrogens with zero attached hydrogens (tertiary/aromatic N) is 2. The number of anilines is 1. The molecular formula is C18H24N4O3. The quantitative estimate of drug-likeness (QED) is 0.802. The fourth-order valence-electron chi connectivity index (χ4n) is 3.46. The Morgan fingerprint density at radius 3 is 2.56 bits per heavy atom. The van der Waals surface area contributed by atoms with E-state index in [1.165, 1.54) is 5.69 Å². The van der Waals surface area contributed by atoms with Crippen LogP contribution in [0.3, 0.4) is 0 Å². The number of nitrogens with one attached hydrogen (secondary N) is 2. The van der Waals surface area contributed by atoms with Crippen LogP contribution in [-0.4, -0.2) is 54.0 Å². The fraction of sp³-hybridized carbons (Fsp3) is 0.500. The highest BCUT2D eigenvalue weighted by molar-refractivity contribution is 6.06. The van der Waals surface area contributed by atoms with Crippen LogP contribution in [0.2, 0.25) is 0 Å². The van der Waals surface area contributed by atoms with Crippen molar-refractivity contribution in [3.8, 4) is 0 Å². The van der Waals surface area contributed by atoms with Gasteiger partial charge in [-0.3, -0.25) is 14.9 Å². The van der Waals surface area contributed by atoms with Gasteiger partial charge in [0.1, 0.15) is 5.54 Å². The zero-order chi connectivity index (χ0) is 18.0. The first-order valence-electron chi connectivity index (χ1n) is 8.62. The number of hydrogen-bond donors (Lipinski definition) is 2. The van der Waals surface area contributed by atoms with E-state index in [0.717, 1.165) is 13.1 Å². The summed E-state index contributed by atoms with van der Waals surface area (Å²) in [5.41, 5.74) is 0.168. The minimum Gasteiger partial charge on any atom is -0.368 e. The van der Waals surface area contributed by atoms with Gasteiger partial charge in [0.25, 0.3) is 5.91 Å². The normalized spacial score (nSPS) is 26.4. The maximum Gasteiger partial charge on any atom is 0.322 e. The van der Waals surface area contributed by atoms with Crippen molar-refractivity contribution in [2.75, 3.05) is 24.5 Å². The summed E-state index contributed by atoms with van der Waals surface area (Å²) < 4.78 is 0. The van der Waals surface area contributed by atoms with Crippen LogP contribution in [0.15, 0.2) is 30.3 Å². The summed E-state index contributed by atoms with van der Waals surface area (Å²) in [4.78, 5) is 39.9. The molecule has 2 saturated heterocycles. The number of hydrogen-bond acceptors (Lipinski definition) is 4. The molecule has 7 heteroatoms. The number of piperazine rings is 1. The first kappa shape index (κ1) is 17.3. The highest BCUT2D eigenvalue weighted by Gasteiger charge is 2.42.